The number of hydrogen-bond donors (Lipinski definition) is 1. The molecule has 2 rings (SSSR count). The van der Waals surface area contributed by atoms with E-state index in [1.54, 1.807) is 32.4 Å². The first-order valence-corrected chi connectivity index (χ1v) is 7.92. The minimum atomic E-state index is -0.241. The molecule has 5 nitrogen and oxygen atoms in total. The molecule has 1 aliphatic carbocycles. The van der Waals surface area contributed by atoms with Gasteiger partial charge in [-0.2, -0.15) is 5.10 Å². The van der Waals surface area contributed by atoms with Gasteiger partial charge in [-0.05, 0) is 48.8 Å². The number of amides is 1. The van der Waals surface area contributed by atoms with E-state index in [2.05, 4.69) is 31.3 Å². The molecule has 0 aliphatic heterocycles. The van der Waals surface area contributed by atoms with Gasteiger partial charge in [-0.1, -0.05) is 20.8 Å². The largest absolute Gasteiger partial charge is 0.493 e. The summed E-state index contributed by atoms with van der Waals surface area (Å²) in [5.41, 5.74) is 4.46. The van der Waals surface area contributed by atoms with Gasteiger partial charge in [0.25, 0.3) is 5.91 Å². The van der Waals surface area contributed by atoms with Crippen molar-refractivity contribution in [3.8, 4) is 11.5 Å². The normalized spacial score (nSPS) is 21.8. The van der Waals surface area contributed by atoms with Crippen LogP contribution in [0.3, 0.4) is 0 Å². The second kappa shape index (κ2) is 7.02. The van der Waals surface area contributed by atoms with Gasteiger partial charge >= 0.3 is 0 Å². The fraction of sp³-hybridized carbons (Fsp3) is 0.556. The number of benzene rings is 1. The quantitative estimate of drug-likeness (QED) is 0.862. The van der Waals surface area contributed by atoms with Crippen LogP contribution in [0.15, 0.2) is 23.3 Å². The number of carbonyl (C=O) groups excluding carboxylic acids is 1. The summed E-state index contributed by atoms with van der Waals surface area (Å²) in [6.07, 6.45) is 3.05. The Balaban J connectivity index is 2.08. The fourth-order valence-electron chi connectivity index (χ4n) is 3.37. The van der Waals surface area contributed by atoms with Crippen LogP contribution in [-0.2, 0) is 0 Å². The van der Waals surface area contributed by atoms with E-state index in [0.29, 0.717) is 23.0 Å². The second-order valence-corrected chi connectivity index (χ2v) is 7.04. The average molecular weight is 318 g/mol. The Hall–Kier alpha value is -2.04. The van der Waals surface area contributed by atoms with E-state index >= 15 is 0 Å². The van der Waals surface area contributed by atoms with Crippen molar-refractivity contribution in [2.45, 2.75) is 40.0 Å². The fourth-order valence-corrected chi connectivity index (χ4v) is 3.37. The van der Waals surface area contributed by atoms with Crippen molar-refractivity contribution in [1.29, 1.82) is 0 Å². The molecule has 1 aromatic rings. The Kier molecular flexibility index (Phi) is 5.29. The molecular formula is C18H26N2O3. The zero-order chi connectivity index (χ0) is 17.0. The highest BCUT2D eigenvalue weighted by Crippen LogP contribution is 2.36. The van der Waals surface area contributed by atoms with Crippen LogP contribution in [0.25, 0.3) is 0 Å². The number of hydrazone groups is 1. The van der Waals surface area contributed by atoms with Crippen molar-refractivity contribution in [1.82, 2.24) is 5.43 Å². The summed E-state index contributed by atoms with van der Waals surface area (Å²) < 4.78 is 10.4. The van der Waals surface area contributed by atoms with Gasteiger partial charge < -0.3 is 9.47 Å². The molecule has 23 heavy (non-hydrogen) atoms. The van der Waals surface area contributed by atoms with E-state index in [9.17, 15) is 4.79 Å². The molecule has 1 aromatic carbocycles. The van der Waals surface area contributed by atoms with Crippen LogP contribution >= 0.6 is 0 Å². The molecule has 1 amide bonds. The Morgan fingerprint density at radius 3 is 2.57 bits per heavy atom. The Bertz CT molecular complexity index is 608. The van der Waals surface area contributed by atoms with Crippen LogP contribution in [0.2, 0.25) is 0 Å². The maximum atomic E-state index is 12.3. The van der Waals surface area contributed by atoms with Gasteiger partial charge in [0.15, 0.2) is 11.5 Å². The highest BCUT2D eigenvalue weighted by molar-refractivity contribution is 5.96. The predicted octanol–water partition coefficient (Wildman–Crippen LogP) is 3.64. The van der Waals surface area contributed by atoms with Gasteiger partial charge in [0.2, 0.25) is 0 Å². The van der Waals surface area contributed by atoms with Gasteiger partial charge in [-0.25, -0.2) is 5.43 Å². The number of nitrogens with zero attached hydrogens (tertiary/aromatic N) is 1. The van der Waals surface area contributed by atoms with Crippen LogP contribution in [-0.4, -0.2) is 25.8 Å². The molecule has 0 unspecified atom stereocenters. The van der Waals surface area contributed by atoms with Gasteiger partial charge in [0, 0.05) is 11.3 Å². The molecule has 1 aliphatic rings. The van der Waals surface area contributed by atoms with E-state index in [0.717, 1.165) is 18.6 Å². The molecule has 0 saturated heterocycles. The minimum Gasteiger partial charge on any atom is -0.493 e. The van der Waals surface area contributed by atoms with Crippen molar-refractivity contribution in [2.75, 3.05) is 14.2 Å². The molecule has 0 bridgehead atoms. The number of methoxy groups -OCH3 is 2. The van der Waals surface area contributed by atoms with Crippen LogP contribution < -0.4 is 14.9 Å². The first-order chi connectivity index (χ1) is 10.8. The zero-order valence-corrected chi connectivity index (χ0v) is 14.6. The molecule has 0 heterocycles. The predicted molar refractivity (Wildman–Crippen MR) is 91.2 cm³/mol. The Morgan fingerprint density at radius 2 is 1.96 bits per heavy atom. The monoisotopic (exact) mass is 318 g/mol. The summed E-state index contributed by atoms with van der Waals surface area (Å²) in [5.74, 6) is 1.48. The van der Waals surface area contributed by atoms with E-state index in [1.807, 2.05) is 0 Å². The van der Waals surface area contributed by atoms with Gasteiger partial charge in [0.05, 0.1) is 14.2 Å². The van der Waals surface area contributed by atoms with Crippen molar-refractivity contribution in [3.63, 3.8) is 0 Å². The zero-order valence-electron chi connectivity index (χ0n) is 14.6. The summed E-state index contributed by atoms with van der Waals surface area (Å²) in [4.78, 5) is 12.3. The number of ether oxygens (including phenoxy) is 2. The van der Waals surface area contributed by atoms with Gasteiger partial charge in [-0.3, -0.25) is 4.79 Å². The highest BCUT2D eigenvalue weighted by Gasteiger charge is 2.29. The van der Waals surface area contributed by atoms with E-state index in [4.69, 9.17) is 9.47 Å². The molecule has 126 valence electrons. The third kappa shape index (κ3) is 4.47. The standard InChI is InChI=1S/C18H26N2O3/c1-12-8-14(11-18(2,3)10-12)19-20-17(21)13-6-7-15(22-4)16(9-13)23-5/h6-7,9,12H,8,10-11H2,1-5H3,(H,20,21)/b19-14-/t12-/m1/s1. The van der Waals surface area contributed by atoms with E-state index < -0.39 is 0 Å². The summed E-state index contributed by atoms with van der Waals surface area (Å²) in [6, 6.07) is 5.07. The molecule has 0 radical (unpaired) electrons. The molecule has 0 aromatic heterocycles. The van der Waals surface area contributed by atoms with Crippen LogP contribution in [0.1, 0.15) is 50.4 Å². The molecule has 1 saturated carbocycles. The number of nitrogens with one attached hydrogen (secondary N) is 1. The maximum absolute atomic E-state index is 12.3. The first-order valence-electron chi connectivity index (χ1n) is 7.92. The minimum absolute atomic E-state index is 0.241. The van der Waals surface area contributed by atoms with E-state index in [-0.39, 0.29) is 11.3 Å². The van der Waals surface area contributed by atoms with Gasteiger partial charge in [0.1, 0.15) is 0 Å². The van der Waals surface area contributed by atoms with Crippen LogP contribution in [0.5, 0.6) is 11.5 Å². The molecule has 5 heteroatoms. The maximum Gasteiger partial charge on any atom is 0.271 e. The van der Waals surface area contributed by atoms with Gasteiger partial charge in [-0.15, -0.1) is 0 Å². The summed E-state index contributed by atoms with van der Waals surface area (Å²) >= 11 is 0. The SMILES string of the molecule is COc1ccc(C(=O)N/N=C2/C[C@@H](C)CC(C)(C)C2)cc1OC. The highest BCUT2D eigenvalue weighted by atomic mass is 16.5. The van der Waals surface area contributed by atoms with Crippen LogP contribution in [0, 0.1) is 11.3 Å². The number of rotatable bonds is 4. The lowest BCUT2D eigenvalue weighted by Gasteiger charge is -2.34. The third-order valence-electron chi connectivity index (χ3n) is 4.13. The molecule has 0 spiro atoms. The lowest BCUT2D eigenvalue weighted by Crippen LogP contribution is -2.30. The molecule has 1 fully saturated rings. The lowest BCUT2D eigenvalue weighted by molar-refractivity contribution is 0.0953. The van der Waals surface area contributed by atoms with Crippen LogP contribution in [0.4, 0.5) is 0 Å². The molecule has 1 N–H and O–H groups in total. The van der Waals surface area contributed by atoms with E-state index in [1.165, 1.54) is 6.42 Å². The van der Waals surface area contributed by atoms with Crippen molar-refractivity contribution in [2.24, 2.45) is 16.4 Å². The average Bonchev–Trinajstić information content (AvgIpc) is 2.50. The van der Waals surface area contributed by atoms with Crippen molar-refractivity contribution < 1.29 is 14.3 Å². The first kappa shape index (κ1) is 17.3. The lowest BCUT2D eigenvalue weighted by atomic mass is 9.72. The smallest absolute Gasteiger partial charge is 0.271 e. The Morgan fingerprint density at radius 1 is 1.26 bits per heavy atom. The van der Waals surface area contributed by atoms with Crippen molar-refractivity contribution in [3.05, 3.63) is 23.8 Å². The number of carbonyl (C=O) groups is 1. The summed E-state index contributed by atoms with van der Waals surface area (Å²) in [7, 11) is 3.11. The topological polar surface area (TPSA) is 59.9 Å². The molecular weight excluding hydrogens is 292 g/mol. The second-order valence-electron chi connectivity index (χ2n) is 7.04. The summed E-state index contributed by atoms with van der Waals surface area (Å²) in [6.45, 7) is 6.72. The molecule has 1 atom stereocenters. The van der Waals surface area contributed by atoms with Crippen molar-refractivity contribution >= 4 is 11.6 Å². The summed E-state index contributed by atoms with van der Waals surface area (Å²) in [5, 5.41) is 4.35. The number of hydrogen-bond acceptors (Lipinski definition) is 4. The Labute approximate surface area is 138 Å². The third-order valence-corrected chi connectivity index (χ3v) is 4.13.